The van der Waals surface area contributed by atoms with E-state index in [0.717, 1.165) is 27.1 Å². The third-order valence-electron chi connectivity index (χ3n) is 8.61. The fraction of sp³-hybridized carbons (Fsp3) is 0.200. The Morgan fingerprint density at radius 2 is 1.40 bits per heavy atom. The minimum Gasteiger partial charge on any atom is -0.392 e. The lowest BCUT2D eigenvalue weighted by Crippen LogP contribution is -2.31. The molecule has 2 amide bonds. The summed E-state index contributed by atoms with van der Waals surface area (Å²) in [6.45, 7) is 1.11. The first kappa shape index (κ1) is 37.7. The van der Waals surface area contributed by atoms with Crippen molar-refractivity contribution in [1.82, 2.24) is 5.32 Å². The Labute approximate surface area is 306 Å². The van der Waals surface area contributed by atoms with Crippen molar-refractivity contribution in [3.05, 3.63) is 154 Å². The maximum Gasteiger partial charge on any atom is 0.257 e. The summed E-state index contributed by atoms with van der Waals surface area (Å²) in [5.41, 5.74) is 3.49. The summed E-state index contributed by atoms with van der Waals surface area (Å²) in [6, 6.07) is 29.3. The number of carbonyl (C=O) groups excluding carboxylic acids is 2. The van der Waals surface area contributed by atoms with Crippen molar-refractivity contribution in [3.63, 3.8) is 0 Å². The number of thioether (sulfide) groups is 1. The summed E-state index contributed by atoms with van der Waals surface area (Å²) in [5.74, 6) is -12.2. The van der Waals surface area contributed by atoms with Crippen LogP contribution in [0.2, 0.25) is 0 Å². The number of ether oxygens (including phenoxy) is 2. The molecule has 1 saturated heterocycles. The number of hydrogen-bond donors (Lipinski definition) is 3. The molecule has 0 aliphatic carbocycles. The standard InChI is InChI=1S/C40H33F5N2O5S/c1-22(49)47-28-14-16-30(17-15-28)53-21-29-18-32(25-8-6-23(20-48)7-9-25)52-40(51-29)26-12-10-24(11-13-26)31-5-3-2-4-27(31)19-46-39(50)33-34(41)36(43)38(45)37(44)35(33)42/h2-17,29,32,40,48H,18-21H2,1H3,(H,46,50)(H,47,49). The topological polar surface area (TPSA) is 96.9 Å². The van der Waals surface area contributed by atoms with Crippen molar-refractivity contribution in [1.29, 1.82) is 0 Å². The van der Waals surface area contributed by atoms with Crippen LogP contribution in [0.1, 0.15) is 58.4 Å². The second-order valence-electron chi connectivity index (χ2n) is 12.3. The zero-order valence-electron chi connectivity index (χ0n) is 28.2. The van der Waals surface area contributed by atoms with Crippen molar-refractivity contribution in [2.24, 2.45) is 0 Å². The van der Waals surface area contributed by atoms with Gasteiger partial charge in [-0.3, -0.25) is 9.59 Å². The minimum absolute atomic E-state index is 0.0787. The van der Waals surface area contributed by atoms with Gasteiger partial charge in [-0.15, -0.1) is 11.8 Å². The zero-order chi connectivity index (χ0) is 37.6. The van der Waals surface area contributed by atoms with Crippen molar-refractivity contribution >= 4 is 29.3 Å². The molecule has 0 aromatic heterocycles. The molecule has 6 rings (SSSR count). The maximum absolute atomic E-state index is 14.2. The summed E-state index contributed by atoms with van der Waals surface area (Å²) >= 11 is 1.61. The van der Waals surface area contributed by atoms with Crippen LogP contribution in [-0.2, 0) is 27.4 Å². The van der Waals surface area contributed by atoms with Gasteiger partial charge < -0.3 is 25.2 Å². The van der Waals surface area contributed by atoms with E-state index in [1.807, 2.05) is 72.8 Å². The van der Waals surface area contributed by atoms with Gasteiger partial charge in [-0.05, 0) is 52.1 Å². The number of anilines is 1. The minimum atomic E-state index is -2.34. The molecular weight excluding hydrogens is 716 g/mol. The van der Waals surface area contributed by atoms with Crippen LogP contribution >= 0.6 is 11.8 Å². The third kappa shape index (κ3) is 8.77. The van der Waals surface area contributed by atoms with Gasteiger partial charge in [0, 0.05) is 41.8 Å². The Morgan fingerprint density at radius 3 is 2.04 bits per heavy atom. The highest BCUT2D eigenvalue weighted by Crippen LogP contribution is 2.40. The van der Waals surface area contributed by atoms with Crippen LogP contribution in [0.3, 0.4) is 0 Å². The molecule has 1 heterocycles. The van der Waals surface area contributed by atoms with E-state index < -0.39 is 46.8 Å². The molecule has 5 aromatic carbocycles. The second-order valence-corrected chi connectivity index (χ2v) is 13.4. The average molecular weight is 749 g/mol. The van der Waals surface area contributed by atoms with Gasteiger partial charge in [0.15, 0.2) is 29.6 Å². The highest BCUT2D eigenvalue weighted by Gasteiger charge is 2.33. The number of aliphatic hydroxyl groups excluding tert-OH is 1. The summed E-state index contributed by atoms with van der Waals surface area (Å²) in [7, 11) is 0. The third-order valence-corrected chi connectivity index (χ3v) is 9.76. The average Bonchev–Trinajstić information content (AvgIpc) is 3.18. The van der Waals surface area contributed by atoms with Gasteiger partial charge in [0.25, 0.3) is 5.91 Å². The largest absolute Gasteiger partial charge is 0.392 e. The molecule has 0 spiro atoms. The van der Waals surface area contributed by atoms with E-state index in [1.165, 1.54) is 6.92 Å². The molecular formula is C40H33F5N2O5S. The number of halogens is 5. The Bertz CT molecular complexity index is 2070. The van der Waals surface area contributed by atoms with Gasteiger partial charge >= 0.3 is 0 Å². The molecule has 13 heteroatoms. The van der Waals surface area contributed by atoms with E-state index in [9.17, 15) is 36.6 Å². The monoisotopic (exact) mass is 748 g/mol. The number of nitrogens with one attached hydrogen (secondary N) is 2. The van der Waals surface area contributed by atoms with Crippen LogP contribution in [0.4, 0.5) is 27.6 Å². The number of aliphatic hydroxyl groups is 1. The van der Waals surface area contributed by atoms with Crippen LogP contribution in [0, 0.1) is 29.1 Å². The molecule has 5 aromatic rings. The fourth-order valence-electron chi connectivity index (χ4n) is 5.89. The molecule has 1 aliphatic rings. The Balaban J connectivity index is 1.18. The lowest BCUT2D eigenvalue weighted by molar-refractivity contribution is -0.245. The summed E-state index contributed by atoms with van der Waals surface area (Å²) in [6.07, 6.45) is -0.674. The Hall–Kier alpha value is -5.08. The van der Waals surface area contributed by atoms with E-state index in [1.54, 1.807) is 36.0 Å². The van der Waals surface area contributed by atoms with Crippen molar-refractivity contribution in [3.8, 4) is 11.1 Å². The van der Waals surface area contributed by atoms with Crippen LogP contribution < -0.4 is 10.6 Å². The molecule has 53 heavy (non-hydrogen) atoms. The SMILES string of the molecule is CC(=O)Nc1ccc(SCC2CC(c3ccc(CO)cc3)OC(c3ccc(-c4ccccc4CNC(=O)c4c(F)c(F)c(F)c(F)c4F)cc3)O2)cc1. The van der Waals surface area contributed by atoms with Crippen molar-refractivity contribution in [2.75, 3.05) is 11.1 Å². The highest BCUT2D eigenvalue weighted by molar-refractivity contribution is 7.99. The second kappa shape index (κ2) is 16.7. The van der Waals surface area contributed by atoms with Gasteiger partial charge in [-0.25, -0.2) is 22.0 Å². The van der Waals surface area contributed by atoms with Gasteiger partial charge in [0.05, 0.1) is 18.8 Å². The first-order chi connectivity index (χ1) is 25.5. The predicted octanol–water partition coefficient (Wildman–Crippen LogP) is 8.77. The van der Waals surface area contributed by atoms with E-state index in [2.05, 4.69) is 10.6 Å². The molecule has 0 saturated carbocycles. The molecule has 1 fully saturated rings. The zero-order valence-corrected chi connectivity index (χ0v) is 29.0. The molecule has 0 bridgehead atoms. The van der Waals surface area contributed by atoms with E-state index in [4.69, 9.17) is 9.47 Å². The van der Waals surface area contributed by atoms with E-state index in [-0.39, 0.29) is 31.3 Å². The normalized spacial score (nSPS) is 17.0. The molecule has 274 valence electrons. The number of benzene rings is 5. The molecule has 0 radical (unpaired) electrons. The maximum atomic E-state index is 14.2. The highest BCUT2D eigenvalue weighted by atomic mass is 32.2. The summed E-state index contributed by atoms with van der Waals surface area (Å²) < 4.78 is 82.3. The van der Waals surface area contributed by atoms with Crippen LogP contribution in [0.15, 0.2) is 102 Å². The quantitative estimate of drug-likeness (QED) is 0.0541. The number of amides is 2. The summed E-state index contributed by atoms with van der Waals surface area (Å²) in [5, 5.41) is 14.5. The molecule has 1 aliphatic heterocycles. The summed E-state index contributed by atoms with van der Waals surface area (Å²) in [4.78, 5) is 25.0. The first-order valence-corrected chi connectivity index (χ1v) is 17.5. The first-order valence-electron chi connectivity index (χ1n) is 16.5. The van der Waals surface area contributed by atoms with Gasteiger partial charge in [0.1, 0.15) is 5.56 Å². The van der Waals surface area contributed by atoms with Crippen LogP contribution in [0.25, 0.3) is 11.1 Å². The number of hydrogen-bond acceptors (Lipinski definition) is 6. The van der Waals surface area contributed by atoms with Gasteiger partial charge in [-0.1, -0.05) is 72.8 Å². The van der Waals surface area contributed by atoms with Crippen molar-refractivity contribution in [2.45, 2.75) is 49.9 Å². The molecule has 3 N–H and O–H groups in total. The number of carbonyl (C=O) groups is 2. The predicted molar refractivity (Wildman–Crippen MR) is 189 cm³/mol. The lowest BCUT2D eigenvalue weighted by Gasteiger charge is -2.36. The Morgan fingerprint density at radius 1 is 0.774 bits per heavy atom. The fourth-order valence-corrected chi connectivity index (χ4v) is 6.82. The molecule has 3 atom stereocenters. The lowest BCUT2D eigenvalue weighted by atomic mass is 9.97. The molecule has 7 nitrogen and oxygen atoms in total. The number of rotatable bonds is 11. The smallest absolute Gasteiger partial charge is 0.257 e. The van der Waals surface area contributed by atoms with E-state index in [0.29, 0.717) is 29.0 Å². The van der Waals surface area contributed by atoms with Gasteiger partial charge in [0.2, 0.25) is 11.7 Å². The van der Waals surface area contributed by atoms with E-state index >= 15 is 0 Å². The molecule has 3 unspecified atom stereocenters. The van der Waals surface area contributed by atoms with Crippen LogP contribution in [0.5, 0.6) is 0 Å². The van der Waals surface area contributed by atoms with Gasteiger partial charge in [-0.2, -0.15) is 0 Å². The van der Waals surface area contributed by atoms with Crippen LogP contribution in [-0.4, -0.2) is 28.8 Å². The van der Waals surface area contributed by atoms with Crippen molar-refractivity contribution < 1.29 is 46.1 Å². The Kier molecular flexibility index (Phi) is 11.9.